The highest BCUT2D eigenvalue weighted by Crippen LogP contribution is 2.06. The molecular formula is C13H18N4O4. The third kappa shape index (κ3) is 5.89. The first-order valence-corrected chi connectivity index (χ1v) is 6.44. The number of hydrogen-bond donors (Lipinski definition) is 4. The first-order valence-electron chi connectivity index (χ1n) is 6.44. The summed E-state index contributed by atoms with van der Waals surface area (Å²) >= 11 is 0. The maximum atomic E-state index is 11.7. The Hall–Kier alpha value is -2.64. The van der Waals surface area contributed by atoms with Gasteiger partial charge in [0.05, 0.1) is 24.0 Å². The monoisotopic (exact) mass is 294 g/mol. The minimum atomic E-state index is -0.975. The van der Waals surface area contributed by atoms with Gasteiger partial charge < -0.3 is 21.1 Å². The Morgan fingerprint density at radius 2 is 2.05 bits per heavy atom. The molecule has 114 valence electrons. The first-order chi connectivity index (χ1) is 9.92. The van der Waals surface area contributed by atoms with Gasteiger partial charge in [0, 0.05) is 6.54 Å². The van der Waals surface area contributed by atoms with Gasteiger partial charge in [0.25, 0.3) is 0 Å². The van der Waals surface area contributed by atoms with E-state index in [0.29, 0.717) is 17.9 Å². The predicted molar refractivity (Wildman–Crippen MR) is 75.9 cm³/mol. The molecule has 0 aliphatic rings. The number of hydrogen-bond acceptors (Lipinski definition) is 4. The molecule has 4 N–H and O–H groups in total. The molecule has 3 amide bonds. The van der Waals surface area contributed by atoms with Crippen LogP contribution >= 0.6 is 0 Å². The Morgan fingerprint density at radius 1 is 1.33 bits per heavy atom. The molecule has 0 aliphatic heterocycles. The number of carboxylic acid groups (broad SMARTS) is 1. The first kappa shape index (κ1) is 16.4. The largest absolute Gasteiger partial charge is 0.481 e. The number of amides is 3. The van der Waals surface area contributed by atoms with Crippen molar-refractivity contribution in [2.24, 2.45) is 0 Å². The van der Waals surface area contributed by atoms with E-state index in [1.165, 1.54) is 12.3 Å². The Labute approximate surface area is 121 Å². The van der Waals surface area contributed by atoms with Crippen molar-refractivity contribution in [1.82, 2.24) is 15.6 Å². The van der Waals surface area contributed by atoms with Crippen LogP contribution < -0.4 is 16.0 Å². The Morgan fingerprint density at radius 3 is 2.57 bits per heavy atom. The highest BCUT2D eigenvalue weighted by atomic mass is 16.4. The Balaban J connectivity index is 2.51. The van der Waals surface area contributed by atoms with E-state index in [0.717, 1.165) is 0 Å². The highest BCUT2D eigenvalue weighted by Gasteiger charge is 2.14. The van der Waals surface area contributed by atoms with Gasteiger partial charge in [-0.25, -0.2) is 4.79 Å². The summed E-state index contributed by atoms with van der Waals surface area (Å²) in [6.07, 6.45) is 1.18. The third-order valence-corrected chi connectivity index (χ3v) is 2.51. The van der Waals surface area contributed by atoms with Crippen LogP contribution in [-0.2, 0) is 16.0 Å². The standard InChI is InChI=1S/C13H18N4O4/c1-3-14-12(20)8(2)16-13(21)17-10-5-4-9(15-7-10)6-11(18)19/h4-5,7-8H,3,6H2,1-2H3,(H,14,20)(H,18,19)(H2,16,17,21). The lowest BCUT2D eigenvalue weighted by Gasteiger charge is -2.14. The van der Waals surface area contributed by atoms with E-state index in [2.05, 4.69) is 20.9 Å². The molecule has 8 nitrogen and oxygen atoms in total. The van der Waals surface area contributed by atoms with E-state index in [9.17, 15) is 14.4 Å². The molecule has 0 aliphatic carbocycles. The van der Waals surface area contributed by atoms with E-state index in [4.69, 9.17) is 5.11 Å². The summed E-state index contributed by atoms with van der Waals surface area (Å²) in [4.78, 5) is 37.6. The zero-order valence-electron chi connectivity index (χ0n) is 11.8. The van der Waals surface area contributed by atoms with E-state index in [-0.39, 0.29) is 12.3 Å². The highest BCUT2D eigenvalue weighted by molar-refractivity contribution is 5.93. The fraction of sp³-hybridized carbons (Fsp3) is 0.385. The molecule has 1 unspecified atom stereocenters. The fourth-order valence-corrected chi connectivity index (χ4v) is 1.51. The number of carbonyl (C=O) groups excluding carboxylic acids is 2. The lowest BCUT2D eigenvalue weighted by molar-refractivity contribution is -0.136. The molecule has 21 heavy (non-hydrogen) atoms. The Bertz CT molecular complexity index is 515. The molecule has 0 saturated heterocycles. The van der Waals surface area contributed by atoms with Gasteiger partial charge in [0.2, 0.25) is 5.91 Å². The van der Waals surface area contributed by atoms with Crippen LogP contribution in [-0.4, -0.2) is 40.6 Å². The summed E-state index contributed by atoms with van der Waals surface area (Å²) in [5.41, 5.74) is 0.800. The SMILES string of the molecule is CCNC(=O)C(C)NC(=O)Nc1ccc(CC(=O)O)nc1. The molecule has 1 heterocycles. The van der Waals surface area contributed by atoms with E-state index >= 15 is 0 Å². The van der Waals surface area contributed by atoms with Crippen LogP contribution in [0.25, 0.3) is 0 Å². The number of aromatic nitrogens is 1. The van der Waals surface area contributed by atoms with Gasteiger partial charge in [-0.05, 0) is 26.0 Å². The van der Waals surface area contributed by atoms with Crippen LogP contribution in [0.4, 0.5) is 10.5 Å². The number of carbonyl (C=O) groups is 3. The summed E-state index contributed by atoms with van der Waals surface area (Å²) in [7, 11) is 0. The predicted octanol–water partition coefficient (Wildman–Crippen LogP) is 0.355. The normalized spacial score (nSPS) is 11.3. The molecule has 1 atom stereocenters. The van der Waals surface area contributed by atoms with Crippen molar-refractivity contribution in [2.45, 2.75) is 26.3 Å². The second-order valence-corrected chi connectivity index (χ2v) is 4.32. The van der Waals surface area contributed by atoms with Crippen LogP contribution in [0.3, 0.4) is 0 Å². The summed E-state index contributed by atoms with van der Waals surface area (Å²) in [6.45, 7) is 3.84. The zero-order chi connectivity index (χ0) is 15.8. The maximum absolute atomic E-state index is 11.7. The minimum absolute atomic E-state index is 0.180. The van der Waals surface area contributed by atoms with Crippen molar-refractivity contribution < 1.29 is 19.5 Å². The average Bonchev–Trinajstić information content (AvgIpc) is 2.40. The lowest BCUT2D eigenvalue weighted by atomic mass is 10.2. The quantitative estimate of drug-likeness (QED) is 0.603. The van der Waals surface area contributed by atoms with Crippen LogP contribution in [0.15, 0.2) is 18.3 Å². The molecule has 1 rings (SSSR count). The van der Waals surface area contributed by atoms with Gasteiger partial charge in [-0.1, -0.05) is 0 Å². The molecule has 0 fully saturated rings. The number of carboxylic acids is 1. The summed E-state index contributed by atoms with van der Waals surface area (Å²) in [5.74, 6) is -1.25. The summed E-state index contributed by atoms with van der Waals surface area (Å²) in [5, 5.41) is 16.2. The van der Waals surface area contributed by atoms with Gasteiger partial charge in [-0.2, -0.15) is 0 Å². The number of likely N-dealkylation sites (N-methyl/N-ethyl adjacent to an activating group) is 1. The molecule has 0 radical (unpaired) electrons. The molecule has 8 heteroatoms. The zero-order valence-corrected chi connectivity index (χ0v) is 11.8. The topological polar surface area (TPSA) is 120 Å². The summed E-state index contributed by atoms with van der Waals surface area (Å²) < 4.78 is 0. The molecular weight excluding hydrogens is 276 g/mol. The van der Waals surface area contributed by atoms with Gasteiger partial charge >= 0.3 is 12.0 Å². The van der Waals surface area contributed by atoms with Crippen molar-refractivity contribution in [3.63, 3.8) is 0 Å². The number of aliphatic carboxylic acids is 1. The molecule has 0 spiro atoms. The van der Waals surface area contributed by atoms with Crippen molar-refractivity contribution in [3.05, 3.63) is 24.0 Å². The van der Waals surface area contributed by atoms with E-state index in [1.54, 1.807) is 19.9 Å². The number of nitrogens with one attached hydrogen (secondary N) is 3. The average molecular weight is 294 g/mol. The number of pyridine rings is 1. The van der Waals surface area contributed by atoms with Crippen molar-refractivity contribution in [3.8, 4) is 0 Å². The number of anilines is 1. The van der Waals surface area contributed by atoms with Crippen LogP contribution in [0.2, 0.25) is 0 Å². The number of nitrogens with zero attached hydrogens (tertiary/aromatic N) is 1. The van der Waals surface area contributed by atoms with E-state index < -0.39 is 18.0 Å². The molecule has 0 aromatic carbocycles. The van der Waals surface area contributed by atoms with Crippen LogP contribution in [0, 0.1) is 0 Å². The van der Waals surface area contributed by atoms with Crippen molar-refractivity contribution >= 4 is 23.6 Å². The lowest BCUT2D eigenvalue weighted by Crippen LogP contribution is -2.46. The van der Waals surface area contributed by atoms with Crippen LogP contribution in [0.5, 0.6) is 0 Å². The van der Waals surface area contributed by atoms with Gasteiger partial charge in [0.15, 0.2) is 0 Å². The van der Waals surface area contributed by atoms with E-state index in [1.807, 2.05) is 0 Å². The maximum Gasteiger partial charge on any atom is 0.319 e. The summed E-state index contributed by atoms with van der Waals surface area (Å²) in [6, 6.07) is 1.85. The smallest absolute Gasteiger partial charge is 0.319 e. The number of urea groups is 1. The molecule has 1 aromatic rings. The van der Waals surface area contributed by atoms with Gasteiger partial charge in [-0.3, -0.25) is 14.6 Å². The fourth-order valence-electron chi connectivity index (χ4n) is 1.51. The van der Waals surface area contributed by atoms with Crippen molar-refractivity contribution in [1.29, 1.82) is 0 Å². The van der Waals surface area contributed by atoms with Gasteiger partial charge in [0.1, 0.15) is 6.04 Å². The van der Waals surface area contributed by atoms with Crippen LogP contribution in [0.1, 0.15) is 19.5 Å². The number of rotatable bonds is 6. The molecule has 0 bridgehead atoms. The minimum Gasteiger partial charge on any atom is -0.481 e. The second kappa shape index (κ2) is 7.83. The van der Waals surface area contributed by atoms with Gasteiger partial charge in [-0.15, -0.1) is 0 Å². The third-order valence-electron chi connectivity index (χ3n) is 2.51. The molecule has 0 saturated carbocycles. The molecule has 1 aromatic heterocycles. The second-order valence-electron chi connectivity index (χ2n) is 4.32. The van der Waals surface area contributed by atoms with Crippen molar-refractivity contribution in [2.75, 3.05) is 11.9 Å². The Kier molecular flexibility index (Phi) is 6.12.